The maximum Gasteiger partial charge on any atom is 2.00 e. The van der Waals surface area contributed by atoms with Gasteiger partial charge in [-0.05, 0) is 72.8 Å². The third kappa shape index (κ3) is 71.3. The minimum Gasteiger partial charge on any atom is -2.00 e. The molecule has 0 aliphatic rings. The van der Waals surface area contributed by atoms with Crippen LogP contribution in [0.3, 0.4) is 0 Å². The van der Waals surface area contributed by atoms with E-state index in [1.807, 2.05) is 97.1 Å². The van der Waals surface area contributed by atoms with Crippen LogP contribution in [-0.4, -0.2) is 19.9 Å². The molecule has 0 amide bonds. The summed E-state index contributed by atoms with van der Waals surface area (Å²) in [4.78, 5) is 16.4. The molecule has 8 aromatic heterocycles. The van der Waals surface area contributed by atoms with E-state index in [1.54, 1.807) is 73.3 Å². The van der Waals surface area contributed by atoms with E-state index in [4.69, 9.17) is 0 Å². The van der Waals surface area contributed by atoms with Crippen LogP contribution in [0.1, 0.15) is 0 Å². The van der Waals surface area contributed by atoms with Gasteiger partial charge in [-0.25, -0.2) is 19.9 Å². The number of hydrogen-bond acceptors (Lipinski definition) is 8. The van der Waals surface area contributed by atoms with Crippen LogP contribution < -0.4 is 18.9 Å². The third-order valence-corrected chi connectivity index (χ3v) is 7.01. The molecule has 0 bridgehead atoms. The first-order valence-corrected chi connectivity index (χ1v) is 15.9. The molecule has 0 fully saturated rings. The molecule has 0 aliphatic heterocycles. The van der Waals surface area contributed by atoms with E-state index in [9.17, 15) is 20.8 Å². The Morgan fingerprint density at radius 3 is 0.420 bits per heavy atom. The van der Waals surface area contributed by atoms with Crippen molar-refractivity contribution in [3.05, 3.63) is 216 Å². The Balaban J connectivity index is -0.0000000139. The van der Waals surface area contributed by atoms with E-state index >= 15 is 0 Å². The van der Waals surface area contributed by atoms with Crippen molar-refractivity contribution < 1.29 is 364 Å². The Labute approximate surface area is 638 Å². The predicted molar refractivity (Wildman–Crippen MR) is 212 cm³/mol. The summed E-state index contributed by atoms with van der Waals surface area (Å²) in [5.74, 6) is 0. The molecule has 8 heterocycles. The Bertz CT molecular complexity index is 2030. The maximum atomic E-state index is 11.3. The van der Waals surface area contributed by atoms with Crippen LogP contribution in [0.15, 0.2) is 195 Å². The van der Waals surface area contributed by atoms with E-state index in [0.29, 0.717) is 45.6 Å². The number of hydrogen-bond donors (Lipinski definition) is 0. The second-order valence-electron chi connectivity index (χ2n) is 10.5. The molecule has 0 N–H and O–H groups in total. The zero-order chi connectivity index (χ0) is 36.4. The van der Waals surface area contributed by atoms with Gasteiger partial charge in [0.2, 0.25) is 22.8 Å². The second-order valence-corrected chi connectivity index (χ2v) is 10.5. The van der Waals surface area contributed by atoms with Crippen molar-refractivity contribution in [2.75, 3.05) is 0 Å². The average Bonchev–Trinajstić information content (AvgIpc) is 3.21. The molecule has 0 aromatic carbocycles. The largest absolute Gasteiger partial charge is 2.00 e. The van der Waals surface area contributed by atoms with Gasteiger partial charge >= 0.3 is 34.1 Å². The summed E-state index contributed by atoms with van der Waals surface area (Å²) in [7, 11) is 0. The van der Waals surface area contributed by atoms with Crippen LogP contribution in [0, 0.1) is 20.8 Å². The van der Waals surface area contributed by atoms with Crippen LogP contribution in [-0.2, 0) is 345 Å². The SMILES string of the molecule is [Cu+2].[Cu+2].[Mo].[Mo].[Mo].[Mo].[Mo].[Mo].[Mo].[Mo].[O-2].[O-2].[O-2].[O-2].[O-2].[O-2].[O-2].[O-2].[O-2].[O-2].[O-2].[O-2].[O-2].[O-2].[O-2].[O-2].[O-2].[O-2].[O-2].[O-2].[O-2].[O-2].[O-2].[O-2].[O-2].[O-2].[O-][n+]1ccccc1-c1ccccn1.[O-][n+]1ccccc1-c1ccccn1.[O-][n+]1ccccc1-c1ccccn1.[O-][n+]1ccccc1-c1ccccn1. The van der Waals surface area contributed by atoms with Gasteiger partial charge in [0.05, 0.1) is 0 Å². The van der Waals surface area contributed by atoms with Crippen molar-refractivity contribution in [3.63, 3.8) is 0 Å². The van der Waals surface area contributed by atoms with E-state index in [1.165, 1.54) is 24.8 Å². The molecule has 0 aliphatic carbocycles. The summed E-state index contributed by atoms with van der Waals surface area (Å²) in [5.41, 5.74) is 5.06. The van der Waals surface area contributed by atoms with E-state index < -0.39 is 0 Å². The van der Waals surface area contributed by atoms with Crippen molar-refractivity contribution in [3.8, 4) is 45.6 Å². The molecule has 38 nitrogen and oxygen atoms in total. The van der Waals surface area contributed by atoms with Gasteiger partial charge in [-0.15, -0.1) is 0 Å². The average molecular weight is 2000 g/mol. The van der Waals surface area contributed by atoms with Gasteiger partial charge in [-0.3, -0.25) is 0 Å². The summed E-state index contributed by atoms with van der Waals surface area (Å²) in [6.45, 7) is 0. The summed E-state index contributed by atoms with van der Waals surface area (Å²) >= 11 is 0. The topological polar surface area (TPSA) is 900 Å². The van der Waals surface area contributed by atoms with Crippen molar-refractivity contribution >= 4 is 0 Å². The van der Waals surface area contributed by atoms with Gasteiger partial charge in [0, 0.05) is 242 Å². The van der Waals surface area contributed by atoms with E-state index in [-0.39, 0.29) is 345 Å². The van der Waals surface area contributed by atoms with Crippen molar-refractivity contribution in [1.82, 2.24) is 19.9 Å². The monoisotopic (exact) mass is 2010 g/mol. The quantitative estimate of drug-likeness (QED) is 0.143. The molecule has 0 atom stereocenters. The Hall–Kier alpha value is -2.09. The van der Waals surface area contributed by atoms with Gasteiger partial charge in [-0.1, -0.05) is 24.3 Å². The number of pyridine rings is 8. The number of nitrogens with zero attached hydrogens (tertiary/aromatic N) is 8. The molecule has 2 radical (unpaired) electrons. The normalized spacial score (nSPS) is 5.82. The van der Waals surface area contributed by atoms with Crippen LogP contribution in [0.2, 0.25) is 0 Å². The molecule has 8 aromatic rings. The first kappa shape index (κ1) is 213. The summed E-state index contributed by atoms with van der Waals surface area (Å²) in [6, 6.07) is 43.0. The summed E-state index contributed by atoms with van der Waals surface area (Å²) in [6.07, 6.45) is 12.5. The molecular formula is C40H32Cu2Mo8N8O30-48. The van der Waals surface area contributed by atoms with Crippen molar-refractivity contribution in [2.45, 2.75) is 0 Å². The first-order valence-electron chi connectivity index (χ1n) is 15.9. The minimum absolute atomic E-state index is 0. The fourth-order valence-corrected chi connectivity index (χ4v) is 4.56. The smallest absolute Gasteiger partial charge is 2.00 e. The van der Waals surface area contributed by atoms with Gasteiger partial charge in [0.1, 0.15) is 22.8 Å². The Morgan fingerprint density at radius 2 is 0.318 bits per heavy atom. The molecule has 0 unspecified atom stereocenters. The zero-order valence-electron chi connectivity index (χ0n) is 42.2. The van der Waals surface area contributed by atoms with Crippen molar-refractivity contribution in [2.24, 2.45) is 0 Å². The number of rotatable bonds is 4. The van der Waals surface area contributed by atoms with Gasteiger partial charge in [0.15, 0.2) is 24.8 Å². The van der Waals surface area contributed by atoms with Crippen LogP contribution >= 0.6 is 0 Å². The van der Waals surface area contributed by atoms with E-state index in [2.05, 4.69) is 19.9 Å². The summed E-state index contributed by atoms with van der Waals surface area (Å²) in [5, 5.41) is 45.2. The predicted octanol–water partition coefficient (Wildman–Crippen LogP) is 2.41. The van der Waals surface area contributed by atoms with Crippen LogP contribution in [0.4, 0.5) is 0 Å². The number of aromatic nitrogens is 8. The van der Waals surface area contributed by atoms with Crippen LogP contribution in [0.25, 0.3) is 45.6 Å². The molecule has 8 rings (SSSR count). The summed E-state index contributed by atoms with van der Waals surface area (Å²) < 4.78 is 3.23. The third-order valence-electron chi connectivity index (χ3n) is 7.01. The minimum atomic E-state index is 0. The Kier molecular flexibility index (Phi) is 296. The van der Waals surface area contributed by atoms with Crippen LogP contribution in [0.5, 0.6) is 0 Å². The zero-order valence-corrected chi connectivity index (χ0v) is 60.1. The van der Waals surface area contributed by atoms with Crippen molar-refractivity contribution in [1.29, 1.82) is 0 Å². The Morgan fingerprint density at radius 1 is 0.193 bits per heavy atom. The van der Waals surface area contributed by atoms with Gasteiger partial charge in [-0.2, -0.15) is 18.9 Å². The van der Waals surface area contributed by atoms with Gasteiger partial charge in [0.25, 0.3) is 0 Å². The van der Waals surface area contributed by atoms with E-state index in [0.717, 1.165) is 18.9 Å². The maximum absolute atomic E-state index is 11.3. The molecule has 48 heteroatoms. The molecule has 0 saturated heterocycles. The molecule has 88 heavy (non-hydrogen) atoms. The molecule has 0 spiro atoms. The second kappa shape index (κ2) is 122. The fourth-order valence-electron chi connectivity index (χ4n) is 4.56. The molecule has 0 saturated carbocycles. The van der Waals surface area contributed by atoms with Gasteiger partial charge < -0.3 is 163 Å². The standard InChI is InChI=1S/4C10H8N2O.2Cu.8Mo.26O/c4*13-12-8-4-2-6-10(12)9-5-1-3-7-11-9;;;;;;;;;;;;;;;;;;;;;;;;;;;;;;;;;;;;/h4*1-8H;;;;;;;;;;;;;;;;;;;;;;;;;;;;;;;;;;;;/q;;;;2*+2;;;;;;;;;26*-2. The fraction of sp³-hybridized carbons (Fsp3) is 0. The molecule has 530 valence electrons. The first-order chi connectivity index (χ1) is 25.5. The molecular weight excluding hydrogens is 1970 g/mol.